The van der Waals surface area contributed by atoms with E-state index in [1.54, 1.807) is 0 Å². The fraction of sp³-hybridized carbons (Fsp3) is 0.333. The van der Waals surface area contributed by atoms with Crippen molar-refractivity contribution in [2.75, 3.05) is 0 Å². The van der Waals surface area contributed by atoms with Crippen LogP contribution >= 0.6 is 0 Å². The van der Waals surface area contributed by atoms with Crippen molar-refractivity contribution in [3.8, 4) is 0 Å². The van der Waals surface area contributed by atoms with E-state index in [2.05, 4.69) is 0 Å². The Kier molecular flexibility index (Phi) is 3.18. The van der Waals surface area contributed by atoms with E-state index in [1.165, 1.54) is 19.9 Å². The molecule has 0 radical (unpaired) electrons. The summed E-state index contributed by atoms with van der Waals surface area (Å²) in [6.07, 6.45) is 1.49. The quantitative estimate of drug-likeness (QED) is 0.442. The van der Waals surface area contributed by atoms with Crippen LogP contribution in [-0.4, -0.2) is 17.7 Å². The highest BCUT2D eigenvalue weighted by molar-refractivity contribution is 6.18. The first-order valence-electron chi connectivity index (χ1n) is 6.04. The van der Waals surface area contributed by atoms with Gasteiger partial charge in [-0.05, 0) is 36.6 Å². The van der Waals surface area contributed by atoms with Crippen LogP contribution in [0.15, 0.2) is 23.8 Å². The molecule has 0 spiro atoms. The zero-order valence-corrected chi connectivity index (χ0v) is 11.4. The molecule has 100 valence electrons. The van der Waals surface area contributed by atoms with E-state index >= 15 is 0 Å². The van der Waals surface area contributed by atoms with Crippen LogP contribution in [0.5, 0.6) is 0 Å². The summed E-state index contributed by atoms with van der Waals surface area (Å²) < 4.78 is 10.1. The number of ether oxygens (including phenoxy) is 2. The number of cyclic esters (lactones) is 2. The zero-order valence-electron chi connectivity index (χ0n) is 11.4. The van der Waals surface area contributed by atoms with Gasteiger partial charge in [0.2, 0.25) is 0 Å². The van der Waals surface area contributed by atoms with Crippen LogP contribution in [0.25, 0.3) is 6.08 Å². The van der Waals surface area contributed by atoms with Gasteiger partial charge in [-0.15, -0.1) is 0 Å². The molecule has 1 aromatic rings. The van der Waals surface area contributed by atoms with Gasteiger partial charge in [-0.25, -0.2) is 9.59 Å². The number of carbonyl (C=O) groups is 2. The highest BCUT2D eigenvalue weighted by Crippen LogP contribution is 2.24. The Bertz CT molecular complexity index is 560. The maximum atomic E-state index is 11.8. The van der Waals surface area contributed by atoms with Gasteiger partial charge in [0, 0.05) is 13.8 Å². The summed E-state index contributed by atoms with van der Waals surface area (Å²) in [5, 5.41) is 0. The van der Waals surface area contributed by atoms with E-state index in [1.807, 2.05) is 32.0 Å². The van der Waals surface area contributed by atoms with Crippen LogP contribution in [-0.2, 0) is 19.1 Å². The maximum Gasteiger partial charge on any atom is 0.348 e. The van der Waals surface area contributed by atoms with Gasteiger partial charge in [-0.1, -0.05) is 18.2 Å². The summed E-state index contributed by atoms with van der Waals surface area (Å²) in [7, 11) is 0. The highest BCUT2D eigenvalue weighted by atomic mass is 16.7. The molecule has 0 amide bonds. The first kappa shape index (κ1) is 13.3. The molecule has 4 nitrogen and oxygen atoms in total. The number of benzene rings is 1. The average molecular weight is 260 g/mol. The second kappa shape index (κ2) is 4.53. The second-order valence-corrected chi connectivity index (χ2v) is 5.08. The molecular formula is C15H16O4. The van der Waals surface area contributed by atoms with Crippen LogP contribution in [0, 0.1) is 13.8 Å². The van der Waals surface area contributed by atoms with Crippen LogP contribution in [0.2, 0.25) is 0 Å². The van der Waals surface area contributed by atoms with Gasteiger partial charge in [-0.3, -0.25) is 0 Å². The Morgan fingerprint density at radius 1 is 1.00 bits per heavy atom. The molecule has 0 saturated carbocycles. The van der Waals surface area contributed by atoms with Crippen molar-refractivity contribution in [1.29, 1.82) is 0 Å². The largest absolute Gasteiger partial charge is 0.419 e. The highest BCUT2D eigenvalue weighted by Gasteiger charge is 2.38. The lowest BCUT2D eigenvalue weighted by molar-refractivity contribution is -0.222. The van der Waals surface area contributed by atoms with Crippen LogP contribution in [0.4, 0.5) is 0 Å². The lowest BCUT2D eigenvalue weighted by atomic mass is 10.0. The van der Waals surface area contributed by atoms with Crippen LogP contribution in [0.3, 0.4) is 0 Å². The number of hydrogen-bond acceptors (Lipinski definition) is 4. The standard InChI is InChI=1S/C15H16O4/c1-9-5-6-11(7-10(9)2)8-12-13(16)18-15(3,4)19-14(12)17/h5-8H,1-4H3. The predicted molar refractivity (Wildman–Crippen MR) is 70.2 cm³/mol. The summed E-state index contributed by atoms with van der Waals surface area (Å²) in [6.45, 7) is 7.01. The van der Waals surface area contributed by atoms with Crippen molar-refractivity contribution in [3.63, 3.8) is 0 Å². The lowest BCUT2D eigenvalue weighted by Crippen LogP contribution is -2.41. The Morgan fingerprint density at radius 3 is 2.11 bits per heavy atom. The van der Waals surface area contributed by atoms with Crippen molar-refractivity contribution in [2.24, 2.45) is 0 Å². The fourth-order valence-corrected chi connectivity index (χ4v) is 1.80. The van der Waals surface area contributed by atoms with Crippen molar-refractivity contribution in [2.45, 2.75) is 33.5 Å². The third-order valence-electron chi connectivity index (χ3n) is 2.96. The minimum Gasteiger partial charge on any atom is -0.419 e. The summed E-state index contributed by atoms with van der Waals surface area (Å²) in [6, 6.07) is 5.68. The normalized spacial score (nSPS) is 17.8. The molecule has 0 bridgehead atoms. The Morgan fingerprint density at radius 2 is 1.58 bits per heavy atom. The first-order valence-corrected chi connectivity index (χ1v) is 6.04. The zero-order chi connectivity index (χ0) is 14.2. The molecule has 19 heavy (non-hydrogen) atoms. The number of hydrogen-bond donors (Lipinski definition) is 0. The van der Waals surface area contributed by atoms with Crippen LogP contribution < -0.4 is 0 Å². The minimum atomic E-state index is -1.20. The number of carbonyl (C=O) groups excluding carboxylic acids is 2. The Hall–Kier alpha value is -2.10. The molecule has 1 aromatic carbocycles. The molecule has 0 aromatic heterocycles. The minimum absolute atomic E-state index is 0.0809. The van der Waals surface area contributed by atoms with E-state index in [9.17, 15) is 9.59 Å². The van der Waals surface area contributed by atoms with Gasteiger partial charge < -0.3 is 9.47 Å². The summed E-state index contributed by atoms with van der Waals surface area (Å²) in [4.78, 5) is 23.6. The van der Waals surface area contributed by atoms with Gasteiger partial charge in [0.15, 0.2) is 0 Å². The average Bonchev–Trinajstić information content (AvgIpc) is 2.27. The van der Waals surface area contributed by atoms with Gasteiger partial charge >= 0.3 is 11.9 Å². The molecule has 2 rings (SSSR count). The van der Waals surface area contributed by atoms with Crippen LogP contribution in [0.1, 0.15) is 30.5 Å². The number of rotatable bonds is 1. The van der Waals surface area contributed by atoms with E-state index in [-0.39, 0.29) is 5.57 Å². The molecule has 1 aliphatic heterocycles. The third kappa shape index (κ3) is 2.84. The predicted octanol–water partition coefficient (Wildman–Crippen LogP) is 2.52. The smallest absolute Gasteiger partial charge is 0.348 e. The topological polar surface area (TPSA) is 52.6 Å². The molecular weight excluding hydrogens is 244 g/mol. The van der Waals surface area contributed by atoms with Crippen molar-refractivity contribution >= 4 is 18.0 Å². The maximum absolute atomic E-state index is 11.8. The molecule has 0 atom stereocenters. The van der Waals surface area contributed by atoms with Crippen molar-refractivity contribution in [1.82, 2.24) is 0 Å². The van der Waals surface area contributed by atoms with Gasteiger partial charge in [0.1, 0.15) is 5.57 Å². The molecule has 1 saturated heterocycles. The summed E-state index contributed by atoms with van der Waals surface area (Å²) >= 11 is 0. The van der Waals surface area contributed by atoms with Gasteiger partial charge in [-0.2, -0.15) is 0 Å². The molecule has 1 aliphatic rings. The monoisotopic (exact) mass is 260 g/mol. The molecule has 1 heterocycles. The summed E-state index contributed by atoms with van der Waals surface area (Å²) in [5.74, 6) is -2.51. The lowest BCUT2D eigenvalue weighted by Gasteiger charge is -2.29. The van der Waals surface area contributed by atoms with Crippen molar-refractivity contribution < 1.29 is 19.1 Å². The molecule has 0 unspecified atom stereocenters. The third-order valence-corrected chi connectivity index (χ3v) is 2.96. The van der Waals surface area contributed by atoms with Gasteiger partial charge in [0.25, 0.3) is 5.79 Å². The number of aryl methyl sites for hydroxylation is 2. The Labute approximate surface area is 112 Å². The molecule has 0 N–H and O–H groups in total. The van der Waals surface area contributed by atoms with E-state index in [4.69, 9.17) is 9.47 Å². The molecule has 1 fully saturated rings. The SMILES string of the molecule is Cc1ccc(C=C2C(=O)OC(C)(C)OC2=O)cc1C. The van der Waals surface area contributed by atoms with E-state index < -0.39 is 17.7 Å². The Balaban J connectivity index is 2.35. The van der Waals surface area contributed by atoms with Gasteiger partial charge in [0.05, 0.1) is 0 Å². The van der Waals surface area contributed by atoms with E-state index in [0.717, 1.165) is 16.7 Å². The molecule has 0 aliphatic carbocycles. The van der Waals surface area contributed by atoms with E-state index in [0.29, 0.717) is 0 Å². The molecule has 4 heteroatoms. The second-order valence-electron chi connectivity index (χ2n) is 5.08. The first-order chi connectivity index (χ1) is 8.78. The summed E-state index contributed by atoms with van der Waals surface area (Å²) in [5.41, 5.74) is 2.93. The van der Waals surface area contributed by atoms with Crippen molar-refractivity contribution in [3.05, 3.63) is 40.5 Å². The number of esters is 2. The fourth-order valence-electron chi connectivity index (χ4n) is 1.80.